The van der Waals surface area contributed by atoms with Crippen LogP contribution in [-0.2, 0) is 0 Å². The van der Waals surface area contributed by atoms with E-state index in [1.807, 2.05) is 11.3 Å². The van der Waals surface area contributed by atoms with E-state index in [2.05, 4.69) is 120 Å². The van der Waals surface area contributed by atoms with Crippen LogP contribution in [-0.4, -0.2) is 10.7 Å². The first kappa shape index (κ1) is 21.6. The smallest absolute Gasteiger partial charge is 0.128 e. The Labute approximate surface area is 230 Å². The lowest BCUT2D eigenvalue weighted by atomic mass is 9.78. The molecule has 1 aliphatic heterocycles. The first-order valence-electron chi connectivity index (χ1n) is 13.7. The summed E-state index contributed by atoms with van der Waals surface area (Å²) in [6, 6.07) is 33.1. The van der Waals surface area contributed by atoms with Gasteiger partial charge in [0.05, 0.1) is 17.0 Å². The molecule has 0 radical (unpaired) electrons. The molecule has 0 spiro atoms. The normalized spacial score (nSPS) is 19.5. The first-order chi connectivity index (χ1) is 19.3. The molecule has 9 rings (SSSR count). The number of hydrogen-bond donors (Lipinski definition) is 0. The lowest BCUT2D eigenvalue weighted by molar-refractivity contribution is 0.266. The van der Waals surface area contributed by atoms with E-state index in [0.717, 1.165) is 18.6 Å². The summed E-state index contributed by atoms with van der Waals surface area (Å²) >= 11 is 1.93. The summed E-state index contributed by atoms with van der Waals surface area (Å²) in [4.78, 5) is 0. The van der Waals surface area contributed by atoms with Gasteiger partial charge in [-0.05, 0) is 60.4 Å². The number of fused-ring (bicyclic) bond motifs is 9. The van der Waals surface area contributed by atoms with Crippen molar-refractivity contribution in [1.82, 2.24) is 4.57 Å². The molecule has 0 amide bonds. The summed E-state index contributed by atoms with van der Waals surface area (Å²) in [5.41, 5.74) is 7.95. The quantitative estimate of drug-likeness (QED) is 0.228. The Hall–Kier alpha value is -4.34. The van der Waals surface area contributed by atoms with Crippen molar-refractivity contribution in [3.63, 3.8) is 0 Å². The van der Waals surface area contributed by atoms with Crippen LogP contribution in [0.15, 0.2) is 115 Å². The van der Waals surface area contributed by atoms with Crippen molar-refractivity contribution in [2.45, 2.75) is 24.9 Å². The Bertz CT molecular complexity index is 2120. The van der Waals surface area contributed by atoms with Crippen molar-refractivity contribution < 1.29 is 4.74 Å². The predicted octanol–water partition coefficient (Wildman–Crippen LogP) is 7.76. The number of thiophene rings is 1. The molecule has 0 saturated heterocycles. The lowest BCUT2D eigenvalue weighted by Gasteiger charge is -2.25. The van der Waals surface area contributed by atoms with Crippen LogP contribution in [0.2, 0.25) is 0 Å². The standard InChI is InChI=1S/C36H25NOS/c1-4-14-29-23(9-1)24-10-2-5-15-30(24)37(29)22-19-20-28-34(21-22)39-33-18-8-13-26(36(28)33)25-12-7-17-32-35(25)27-11-3-6-16-31(27)38-32/h1-7,9-12,14-21,32,35H,8,13H2. The van der Waals surface area contributed by atoms with Crippen LogP contribution in [0.3, 0.4) is 0 Å². The van der Waals surface area contributed by atoms with E-state index < -0.39 is 0 Å². The van der Waals surface area contributed by atoms with E-state index in [1.54, 1.807) is 0 Å². The summed E-state index contributed by atoms with van der Waals surface area (Å²) in [6.07, 6.45) is 11.4. The Morgan fingerprint density at radius 1 is 0.795 bits per heavy atom. The van der Waals surface area contributed by atoms with Gasteiger partial charge in [0.1, 0.15) is 11.9 Å². The predicted molar refractivity (Wildman–Crippen MR) is 163 cm³/mol. The van der Waals surface area contributed by atoms with Gasteiger partial charge in [-0.3, -0.25) is 0 Å². The zero-order valence-electron chi connectivity index (χ0n) is 21.3. The Kier molecular flexibility index (Phi) is 4.47. The van der Waals surface area contributed by atoms with Gasteiger partial charge in [-0.1, -0.05) is 78.9 Å². The van der Waals surface area contributed by atoms with E-state index in [0.29, 0.717) is 0 Å². The number of para-hydroxylation sites is 3. The number of rotatable bonds is 2. The fourth-order valence-corrected chi connectivity index (χ4v) is 8.29. The highest BCUT2D eigenvalue weighted by Gasteiger charge is 2.38. The lowest BCUT2D eigenvalue weighted by Crippen LogP contribution is -2.29. The molecule has 2 aromatic heterocycles. The molecule has 0 fully saturated rings. The number of allylic oxidation sites excluding steroid dienone is 2. The highest BCUT2D eigenvalue weighted by molar-refractivity contribution is 7.17. The number of aromatic nitrogens is 1. The fraction of sp³-hybridized carbons (Fsp3) is 0.111. The van der Waals surface area contributed by atoms with Crippen LogP contribution in [0.1, 0.15) is 24.3 Å². The van der Waals surface area contributed by atoms with Crippen molar-refractivity contribution in [1.29, 1.82) is 0 Å². The number of ether oxygens (including phenoxy) is 1. The molecule has 186 valence electrons. The molecule has 0 N–H and O–H groups in total. The van der Waals surface area contributed by atoms with Gasteiger partial charge in [0.25, 0.3) is 0 Å². The van der Waals surface area contributed by atoms with Crippen molar-refractivity contribution in [2.24, 2.45) is 0 Å². The average molecular weight is 520 g/mol. The van der Waals surface area contributed by atoms with E-state index >= 15 is 0 Å². The van der Waals surface area contributed by atoms with Crippen molar-refractivity contribution in [3.05, 3.63) is 130 Å². The number of hydrogen-bond acceptors (Lipinski definition) is 2. The maximum atomic E-state index is 6.37. The SMILES string of the molecule is C1=CC2Oc3ccccc3C2C(C2=c3c(sc4cc(-n5c6ccccc6c6ccccc65)ccc34)=CCC2)=C1. The molecule has 2 aliphatic carbocycles. The maximum Gasteiger partial charge on any atom is 0.128 e. The zero-order chi connectivity index (χ0) is 25.5. The molecule has 2 atom stereocenters. The molecule has 2 unspecified atom stereocenters. The van der Waals surface area contributed by atoms with Gasteiger partial charge in [0, 0.05) is 41.9 Å². The molecule has 0 saturated carbocycles. The summed E-state index contributed by atoms with van der Waals surface area (Å²) in [5, 5.41) is 5.39. The van der Waals surface area contributed by atoms with Gasteiger partial charge >= 0.3 is 0 Å². The summed E-state index contributed by atoms with van der Waals surface area (Å²) < 4.78 is 11.5. The Morgan fingerprint density at radius 3 is 2.41 bits per heavy atom. The van der Waals surface area contributed by atoms with Gasteiger partial charge < -0.3 is 9.30 Å². The van der Waals surface area contributed by atoms with E-state index in [4.69, 9.17) is 4.74 Å². The van der Waals surface area contributed by atoms with Gasteiger partial charge in [-0.2, -0.15) is 0 Å². The minimum Gasteiger partial charge on any atom is -0.485 e. The molecule has 39 heavy (non-hydrogen) atoms. The van der Waals surface area contributed by atoms with Crippen LogP contribution in [0.5, 0.6) is 5.75 Å². The van der Waals surface area contributed by atoms with E-state index in [-0.39, 0.29) is 12.0 Å². The number of nitrogens with zero attached hydrogens (tertiary/aromatic N) is 1. The van der Waals surface area contributed by atoms with Crippen LogP contribution >= 0.6 is 11.3 Å². The van der Waals surface area contributed by atoms with Gasteiger partial charge in [0.15, 0.2) is 0 Å². The highest BCUT2D eigenvalue weighted by Crippen LogP contribution is 2.47. The molecule has 0 bridgehead atoms. The monoisotopic (exact) mass is 519 g/mol. The van der Waals surface area contributed by atoms with Gasteiger partial charge in [-0.25, -0.2) is 0 Å². The third kappa shape index (κ3) is 3.02. The molecule has 3 heterocycles. The largest absolute Gasteiger partial charge is 0.485 e. The molecule has 3 heteroatoms. The van der Waals surface area contributed by atoms with Gasteiger partial charge in [0.2, 0.25) is 0 Å². The third-order valence-electron chi connectivity index (χ3n) is 8.67. The van der Waals surface area contributed by atoms with Crippen LogP contribution < -0.4 is 14.5 Å². The van der Waals surface area contributed by atoms with Crippen molar-refractivity contribution >= 4 is 54.9 Å². The molecular weight excluding hydrogens is 494 g/mol. The summed E-state index contributed by atoms with van der Waals surface area (Å²) in [6.45, 7) is 0. The fourth-order valence-electron chi connectivity index (χ4n) is 7.05. The van der Waals surface area contributed by atoms with E-state index in [9.17, 15) is 0 Å². The average Bonchev–Trinajstić information content (AvgIpc) is 3.66. The summed E-state index contributed by atoms with van der Waals surface area (Å²) in [5.74, 6) is 1.29. The van der Waals surface area contributed by atoms with Gasteiger partial charge in [-0.15, -0.1) is 11.3 Å². The van der Waals surface area contributed by atoms with Crippen LogP contribution in [0.4, 0.5) is 0 Å². The second-order valence-electron chi connectivity index (χ2n) is 10.7. The Morgan fingerprint density at radius 2 is 1.56 bits per heavy atom. The maximum absolute atomic E-state index is 6.37. The first-order valence-corrected chi connectivity index (χ1v) is 14.6. The van der Waals surface area contributed by atoms with Crippen LogP contribution in [0.25, 0.3) is 49.2 Å². The topological polar surface area (TPSA) is 14.2 Å². The third-order valence-corrected chi connectivity index (χ3v) is 9.82. The molecular formula is C36H25NOS. The zero-order valence-corrected chi connectivity index (χ0v) is 22.1. The van der Waals surface area contributed by atoms with Crippen molar-refractivity contribution in [3.8, 4) is 11.4 Å². The second-order valence-corrected chi connectivity index (χ2v) is 11.8. The van der Waals surface area contributed by atoms with Crippen molar-refractivity contribution in [2.75, 3.05) is 0 Å². The summed E-state index contributed by atoms with van der Waals surface area (Å²) in [7, 11) is 0. The minimum atomic E-state index is 0.0797. The minimum absolute atomic E-state index is 0.0797. The molecule has 2 nitrogen and oxygen atoms in total. The van der Waals surface area contributed by atoms with E-state index in [1.165, 1.54) is 64.0 Å². The molecule has 4 aromatic carbocycles. The Balaban J connectivity index is 1.27. The molecule has 6 aromatic rings. The second kappa shape index (κ2) is 8.08. The molecule has 3 aliphatic rings. The number of benzene rings is 4. The van der Waals surface area contributed by atoms with Crippen LogP contribution in [0, 0.1) is 0 Å². The highest BCUT2D eigenvalue weighted by atomic mass is 32.1.